The van der Waals surface area contributed by atoms with E-state index in [1.165, 1.54) is 13.0 Å². The van der Waals surface area contributed by atoms with Gasteiger partial charge in [-0.15, -0.1) is 0 Å². The molecule has 0 bridgehead atoms. The van der Waals surface area contributed by atoms with Gasteiger partial charge in [0, 0.05) is 18.3 Å². The van der Waals surface area contributed by atoms with Crippen molar-refractivity contribution in [2.24, 2.45) is 5.92 Å². The van der Waals surface area contributed by atoms with Crippen molar-refractivity contribution in [1.29, 1.82) is 0 Å². The van der Waals surface area contributed by atoms with Crippen LogP contribution in [0.5, 0.6) is 0 Å². The summed E-state index contributed by atoms with van der Waals surface area (Å²) in [4.78, 5) is 12.6. The van der Waals surface area contributed by atoms with E-state index in [0.717, 1.165) is 12.1 Å². The monoisotopic (exact) mass is 289 g/mol. The predicted octanol–water partition coefficient (Wildman–Crippen LogP) is 3.64. The average molecular weight is 289 g/mol. The van der Waals surface area contributed by atoms with Gasteiger partial charge >= 0.3 is 12.1 Å². The van der Waals surface area contributed by atoms with Crippen LogP contribution in [0, 0.1) is 5.92 Å². The molecule has 0 aliphatic heterocycles. The van der Waals surface area contributed by atoms with Gasteiger partial charge in [-0.2, -0.15) is 13.2 Å². The molecule has 1 aromatic rings. The summed E-state index contributed by atoms with van der Waals surface area (Å²) < 4.78 is 38.1. The van der Waals surface area contributed by atoms with Crippen LogP contribution in [0.15, 0.2) is 24.3 Å². The highest BCUT2D eigenvalue weighted by atomic mass is 19.4. The summed E-state index contributed by atoms with van der Waals surface area (Å²) in [5.41, 5.74) is -0.355. The smallest absolute Gasteiger partial charge is 0.416 e. The average Bonchev–Trinajstić information content (AvgIpc) is 2.34. The molecule has 0 aliphatic rings. The van der Waals surface area contributed by atoms with E-state index in [9.17, 15) is 18.0 Å². The van der Waals surface area contributed by atoms with E-state index in [4.69, 9.17) is 5.11 Å². The zero-order valence-corrected chi connectivity index (χ0v) is 11.6. The number of anilines is 1. The van der Waals surface area contributed by atoms with E-state index in [1.54, 1.807) is 11.0 Å². The Labute approximate surface area is 116 Å². The number of nitrogens with zero attached hydrogens (tertiary/aromatic N) is 1. The lowest BCUT2D eigenvalue weighted by molar-refractivity contribution is -0.141. The van der Waals surface area contributed by atoms with Crippen LogP contribution in [0.1, 0.15) is 26.3 Å². The first-order valence-electron chi connectivity index (χ1n) is 6.29. The molecule has 0 aliphatic carbocycles. The maximum Gasteiger partial charge on any atom is 0.416 e. The first-order chi connectivity index (χ1) is 9.12. The highest BCUT2D eigenvalue weighted by molar-refractivity contribution is 5.70. The standard InChI is InChI=1S/C14H18F3NO2/c1-9(2)18(8-10(3)13(19)20)12-6-4-5-11(7-12)14(15,16)17/h4-7,9-10H,8H2,1-3H3,(H,19,20). The molecule has 0 heterocycles. The molecule has 112 valence electrons. The number of rotatable bonds is 5. The molecule has 1 unspecified atom stereocenters. The van der Waals surface area contributed by atoms with Crippen molar-refractivity contribution < 1.29 is 23.1 Å². The lowest BCUT2D eigenvalue weighted by atomic mass is 10.1. The molecule has 0 amide bonds. The van der Waals surface area contributed by atoms with Gasteiger partial charge in [0.25, 0.3) is 0 Å². The molecule has 0 saturated heterocycles. The van der Waals surface area contributed by atoms with E-state index in [-0.39, 0.29) is 12.6 Å². The number of alkyl halides is 3. The molecular formula is C14H18F3NO2. The second kappa shape index (κ2) is 6.15. The summed E-state index contributed by atoms with van der Waals surface area (Å²) in [6.45, 7) is 5.32. The number of hydrogen-bond acceptors (Lipinski definition) is 2. The van der Waals surface area contributed by atoms with Gasteiger partial charge in [0.15, 0.2) is 0 Å². The largest absolute Gasteiger partial charge is 0.481 e. The lowest BCUT2D eigenvalue weighted by Crippen LogP contribution is -2.37. The predicted molar refractivity (Wildman–Crippen MR) is 70.7 cm³/mol. The minimum Gasteiger partial charge on any atom is -0.481 e. The molecule has 1 N–H and O–H groups in total. The Bertz CT molecular complexity index is 472. The fourth-order valence-corrected chi connectivity index (χ4v) is 1.85. The zero-order chi connectivity index (χ0) is 15.5. The Morgan fingerprint density at radius 2 is 1.90 bits per heavy atom. The van der Waals surface area contributed by atoms with Gasteiger partial charge in [0.05, 0.1) is 11.5 Å². The highest BCUT2D eigenvalue weighted by Crippen LogP contribution is 2.32. The summed E-state index contributed by atoms with van der Waals surface area (Å²) in [6, 6.07) is 4.85. The van der Waals surface area contributed by atoms with Crippen LogP contribution >= 0.6 is 0 Å². The third-order valence-electron chi connectivity index (χ3n) is 3.02. The summed E-state index contributed by atoms with van der Waals surface area (Å²) >= 11 is 0. The number of carboxylic acids is 1. The molecule has 20 heavy (non-hydrogen) atoms. The van der Waals surface area contributed by atoms with Gasteiger partial charge in [-0.1, -0.05) is 13.0 Å². The molecule has 3 nitrogen and oxygen atoms in total. The summed E-state index contributed by atoms with van der Waals surface area (Å²) in [5.74, 6) is -1.63. The van der Waals surface area contributed by atoms with Crippen LogP contribution in [0.2, 0.25) is 0 Å². The number of halogens is 3. The van der Waals surface area contributed by atoms with E-state index >= 15 is 0 Å². The molecule has 0 spiro atoms. The van der Waals surface area contributed by atoms with Crippen molar-refractivity contribution >= 4 is 11.7 Å². The minimum atomic E-state index is -4.41. The number of carboxylic acid groups (broad SMARTS) is 1. The highest BCUT2D eigenvalue weighted by Gasteiger charge is 2.31. The zero-order valence-electron chi connectivity index (χ0n) is 11.6. The maximum atomic E-state index is 12.7. The van der Waals surface area contributed by atoms with E-state index < -0.39 is 23.6 Å². The lowest BCUT2D eigenvalue weighted by Gasteiger charge is -2.31. The number of benzene rings is 1. The van der Waals surface area contributed by atoms with Gasteiger partial charge in [-0.05, 0) is 32.0 Å². The van der Waals surface area contributed by atoms with Gasteiger partial charge < -0.3 is 10.0 Å². The number of carbonyl (C=O) groups is 1. The van der Waals surface area contributed by atoms with Crippen LogP contribution < -0.4 is 4.90 Å². The van der Waals surface area contributed by atoms with E-state index in [0.29, 0.717) is 5.69 Å². The van der Waals surface area contributed by atoms with Gasteiger partial charge in [0.1, 0.15) is 0 Å². The van der Waals surface area contributed by atoms with Crippen molar-refractivity contribution in [3.63, 3.8) is 0 Å². The Kier molecular flexibility index (Phi) is 5.03. The second-order valence-electron chi connectivity index (χ2n) is 5.03. The fraction of sp³-hybridized carbons (Fsp3) is 0.500. The quantitative estimate of drug-likeness (QED) is 0.899. The normalized spacial score (nSPS) is 13.3. The van der Waals surface area contributed by atoms with Gasteiger partial charge in [-0.3, -0.25) is 4.79 Å². The first kappa shape index (κ1) is 16.3. The van der Waals surface area contributed by atoms with Crippen molar-refractivity contribution in [1.82, 2.24) is 0 Å². The molecule has 0 fully saturated rings. The Hall–Kier alpha value is -1.72. The third-order valence-corrected chi connectivity index (χ3v) is 3.02. The van der Waals surface area contributed by atoms with Crippen LogP contribution in [-0.4, -0.2) is 23.7 Å². The van der Waals surface area contributed by atoms with Crippen molar-refractivity contribution in [3.05, 3.63) is 29.8 Å². The Balaban J connectivity index is 3.07. The van der Waals surface area contributed by atoms with Crippen molar-refractivity contribution in [2.75, 3.05) is 11.4 Å². The van der Waals surface area contributed by atoms with Crippen molar-refractivity contribution in [3.8, 4) is 0 Å². The maximum absolute atomic E-state index is 12.7. The summed E-state index contributed by atoms with van der Waals surface area (Å²) in [7, 11) is 0. The molecule has 1 atom stereocenters. The van der Waals surface area contributed by atoms with E-state index in [2.05, 4.69) is 0 Å². The second-order valence-corrected chi connectivity index (χ2v) is 5.03. The first-order valence-corrected chi connectivity index (χ1v) is 6.29. The minimum absolute atomic E-state index is 0.0970. The van der Waals surface area contributed by atoms with Crippen LogP contribution in [0.4, 0.5) is 18.9 Å². The number of hydrogen-bond donors (Lipinski definition) is 1. The SMILES string of the molecule is CC(CN(c1cccc(C(F)(F)F)c1)C(C)C)C(=O)O. The summed E-state index contributed by atoms with van der Waals surface area (Å²) in [6.07, 6.45) is -4.41. The molecule has 1 rings (SSSR count). The molecule has 0 aromatic heterocycles. The van der Waals surface area contributed by atoms with E-state index in [1.807, 2.05) is 13.8 Å². The molecule has 0 saturated carbocycles. The molecule has 0 radical (unpaired) electrons. The molecule has 6 heteroatoms. The Morgan fingerprint density at radius 3 is 2.35 bits per heavy atom. The van der Waals surface area contributed by atoms with Crippen LogP contribution in [0.25, 0.3) is 0 Å². The van der Waals surface area contributed by atoms with Crippen molar-refractivity contribution in [2.45, 2.75) is 33.0 Å². The molecular weight excluding hydrogens is 271 g/mol. The molecule has 1 aromatic carbocycles. The van der Waals surface area contributed by atoms with Crippen LogP contribution in [-0.2, 0) is 11.0 Å². The van der Waals surface area contributed by atoms with Gasteiger partial charge in [0.2, 0.25) is 0 Å². The topological polar surface area (TPSA) is 40.5 Å². The fourth-order valence-electron chi connectivity index (χ4n) is 1.85. The van der Waals surface area contributed by atoms with Gasteiger partial charge in [-0.25, -0.2) is 0 Å². The van der Waals surface area contributed by atoms with Crippen LogP contribution in [0.3, 0.4) is 0 Å². The Morgan fingerprint density at radius 1 is 1.30 bits per heavy atom. The number of aliphatic carboxylic acids is 1. The third kappa shape index (κ3) is 4.15. The summed E-state index contributed by atoms with van der Waals surface area (Å²) in [5, 5.41) is 8.94.